The molecule has 24 heavy (non-hydrogen) atoms. The third kappa shape index (κ3) is 4.02. The van der Waals surface area contributed by atoms with Crippen LogP contribution in [-0.4, -0.2) is 44.5 Å². The SMILES string of the molecule is Nn1c(SCC(=O)N2CCCCCC2)nnc1-c1ccc(Cl)cc1. The van der Waals surface area contributed by atoms with Crippen LogP contribution in [0.3, 0.4) is 0 Å². The van der Waals surface area contributed by atoms with E-state index in [1.54, 1.807) is 12.1 Å². The quantitative estimate of drug-likeness (QED) is 0.666. The molecule has 0 atom stereocenters. The fourth-order valence-corrected chi connectivity index (χ4v) is 3.59. The first-order valence-corrected chi connectivity index (χ1v) is 9.38. The van der Waals surface area contributed by atoms with E-state index in [2.05, 4.69) is 10.2 Å². The Morgan fingerprint density at radius 1 is 1.12 bits per heavy atom. The van der Waals surface area contributed by atoms with E-state index in [1.165, 1.54) is 29.3 Å². The number of nitrogens with zero attached hydrogens (tertiary/aromatic N) is 4. The number of benzene rings is 1. The summed E-state index contributed by atoms with van der Waals surface area (Å²) < 4.78 is 1.42. The van der Waals surface area contributed by atoms with Gasteiger partial charge in [-0.2, -0.15) is 0 Å². The maximum Gasteiger partial charge on any atom is 0.233 e. The first kappa shape index (κ1) is 17.1. The highest BCUT2D eigenvalue weighted by atomic mass is 35.5. The summed E-state index contributed by atoms with van der Waals surface area (Å²) in [4.78, 5) is 14.3. The van der Waals surface area contributed by atoms with E-state index >= 15 is 0 Å². The number of amides is 1. The number of nitrogens with two attached hydrogens (primary N) is 1. The Hall–Kier alpha value is -1.73. The smallest absolute Gasteiger partial charge is 0.233 e. The summed E-state index contributed by atoms with van der Waals surface area (Å²) in [5.74, 6) is 7.09. The summed E-state index contributed by atoms with van der Waals surface area (Å²) in [5.41, 5.74) is 0.833. The molecule has 0 saturated carbocycles. The van der Waals surface area contributed by atoms with E-state index in [4.69, 9.17) is 17.4 Å². The Bertz CT molecular complexity index is 695. The summed E-state index contributed by atoms with van der Waals surface area (Å²) >= 11 is 7.22. The topological polar surface area (TPSA) is 77.0 Å². The van der Waals surface area contributed by atoms with Gasteiger partial charge in [0, 0.05) is 23.7 Å². The zero-order valence-corrected chi connectivity index (χ0v) is 14.9. The van der Waals surface area contributed by atoms with E-state index in [0.717, 1.165) is 31.5 Å². The predicted octanol–water partition coefficient (Wildman–Crippen LogP) is 2.81. The first-order valence-electron chi connectivity index (χ1n) is 8.02. The lowest BCUT2D eigenvalue weighted by Crippen LogP contribution is -2.33. The van der Waals surface area contributed by atoms with E-state index in [-0.39, 0.29) is 5.91 Å². The van der Waals surface area contributed by atoms with Crippen molar-refractivity contribution in [1.29, 1.82) is 0 Å². The second kappa shape index (κ2) is 7.90. The number of rotatable bonds is 4. The van der Waals surface area contributed by atoms with Crippen LogP contribution in [0.25, 0.3) is 11.4 Å². The molecule has 8 heteroatoms. The molecule has 0 spiro atoms. The molecule has 128 valence electrons. The van der Waals surface area contributed by atoms with Gasteiger partial charge in [-0.1, -0.05) is 36.2 Å². The average molecular weight is 366 g/mol. The highest BCUT2D eigenvalue weighted by Gasteiger charge is 2.18. The minimum Gasteiger partial charge on any atom is -0.342 e. The summed E-state index contributed by atoms with van der Waals surface area (Å²) in [7, 11) is 0. The van der Waals surface area contributed by atoms with Gasteiger partial charge in [0.15, 0.2) is 5.82 Å². The van der Waals surface area contributed by atoms with Crippen molar-refractivity contribution in [3.63, 3.8) is 0 Å². The number of likely N-dealkylation sites (tertiary alicyclic amines) is 1. The van der Waals surface area contributed by atoms with Gasteiger partial charge in [0.25, 0.3) is 0 Å². The second-order valence-corrected chi connectivity index (χ2v) is 7.15. The van der Waals surface area contributed by atoms with E-state index in [1.807, 2.05) is 17.0 Å². The number of carbonyl (C=O) groups is 1. The standard InChI is InChI=1S/C16H20ClN5OS/c17-13-7-5-12(6-8-13)15-19-20-16(22(15)18)24-11-14(23)21-9-3-1-2-4-10-21/h5-8H,1-4,9-11,18H2. The van der Waals surface area contributed by atoms with Crippen LogP contribution in [0.1, 0.15) is 25.7 Å². The fraction of sp³-hybridized carbons (Fsp3) is 0.438. The Kier molecular flexibility index (Phi) is 5.63. The molecule has 1 saturated heterocycles. The summed E-state index contributed by atoms with van der Waals surface area (Å²) in [6.07, 6.45) is 4.59. The highest BCUT2D eigenvalue weighted by Crippen LogP contribution is 2.23. The lowest BCUT2D eigenvalue weighted by Gasteiger charge is -2.19. The number of thioether (sulfide) groups is 1. The third-order valence-electron chi connectivity index (χ3n) is 4.05. The van der Waals surface area contributed by atoms with Gasteiger partial charge >= 0.3 is 0 Å². The molecule has 3 rings (SSSR count). The zero-order chi connectivity index (χ0) is 16.9. The van der Waals surface area contributed by atoms with Crippen molar-refractivity contribution < 1.29 is 4.79 Å². The Morgan fingerprint density at radius 2 is 1.79 bits per heavy atom. The van der Waals surface area contributed by atoms with Crippen LogP contribution in [0, 0.1) is 0 Å². The number of hydrogen-bond acceptors (Lipinski definition) is 5. The van der Waals surface area contributed by atoms with Crippen molar-refractivity contribution in [2.75, 3.05) is 24.7 Å². The largest absolute Gasteiger partial charge is 0.342 e. The molecular formula is C16H20ClN5OS. The molecule has 1 amide bonds. The third-order valence-corrected chi connectivity index (χ3v) is 5.23. The van der Waals surface area contributed by atoms with Crippen LogP contribution >= 0.6 is 23.4 Å². The van der Waals surface area contributed by atoms with Gasteiger partial charge in [-0.3, -0.25) is 4.79 Å². The molecule has 1 aliphatic heterocycles. The monoisotopic (exact) mass is 365 g/mol. The minimum atomic E-state index is 0.137. The molecule has 2 aromatic rings. The zero-order valence-electron chi connectivity index (χ0n) is 13.3. The van der Waals surface area contributed by atoms with Gasteiger partial charge in [-0.05, 0) is 37.1 Å². The van der Waals surface area contributed by atoms with E-state index in [9.17, 15) is 4.79 Å². The molecule has 6 nitrogen and oxygen atoms in total. The van der Waals surface area contributed by atoms with Crippen LogP contribution in [0.15, 0.2) is 29.4 Å². The number of hydrogen-bond donors (Lipinski definition) is 1. The number of aromatic nitrogens is 3. The van der Waals surface area contributed by atoms with Gasteiger partial charge in [0.1, 0.15) is 0 Å². The number of halogens is 1. The Labute approximate surface area is 150 Å². The predicted molar refractivity (Wildman–Crippen MR) is 96.4 cm³/mol. The number of nitrogen functional groups attached to an aromatic ring is 1. The van der Waals surface area contributed by atoms with Crippen LogP contribution in [0.5, 0.6) is 0 Å². The Balaban J connectivity index is 1.63. The van der Waals surface area contributed by atoms with Crippen molar-refractivity contribution in [1.82, 2.24) is 19.8 Å². The van der Waals surface area contributed by atoms with Crippen LogP contribution in [0.2, 0.25) is 5.02 Å². The average Bonchev–Trinajstić information content (AvgIpc) is 2.79. The Morgan fingerprint density at radius 3 is 2.46 bits per heavy atom. The highest BCUT2D eigenvalue weighted by molar-refractivity contribution is 7.99. The normalized spacial score (nSPS) is 15.3. The lowest BCUT2D eigenvalue weighted by molar-refractivity contribution is -0.128. The van der Waals surface area contributed by atoms with Gasteiger partial charge in [-0.25, -0.2) is 4.68 Å². The molecule has 2 N–H and O–H groups in total. The summed E-state index contributed by atoms with van der Waals surface area (Å²) in [6.45, 7) is 1.70. The molecule has 1 fully saturated rings. The van der Waals surface area contributed by atoms with Crippen LogP contribution < -0.4 is 5.84 Å². The molecule has 0 bridgehead atoms. The van der Waals surface area contributed by atoms with Gasteiger partial charge in [-0.15, -0.1) is 10.2 Å². The van der Waals surface area contributed by atoms with Crippen LogP contribution in [0.4, 0.5) is 0 Å². The second-order valence-electron chi connectivity index (χ2n) is 5.77. The maximum atomic E-state index is 12.3. The maximum absolute atomic E-state index is 12.3. The number of carbonyl (C=O) groups excluding carboxylic acids is 1. The lowest BCUT2D eigenvalue weighted by atomic mass is 10.2. The van der Waals surface area contributed by atoms with Crippen molar-refractivity contribution in [3.05, 3.63) is 29.3 Å². The molecular weight excluding hydrogens is 346 g/mol. The fourth-order valence-electron chi connectivity index (χ4n) is 2.71. The molecule has 0 radical (unpaired) electrons. The molecule has 1 aromatic carbocycles. The van der Waals surface area contributed by atoms with Crippen molar-refractivity contribution in [3.8, 4) is 11.4 Å². The van der Waals surface area contributed by atoms with Crippen LogP contribution in [-0.2, 0) is 4.79 Å². The van der Waals surface area contributed by atoms with Crippen molar-refractivity contribution >= 4 is 29.3 Å². The minimum absolute atomic E-state index is 0.137. The van der Waals surface area contributed by atoms with Gasteiger partial charge < -0.3 is 10.7 Å². The summed E-state index contributed by atoms with van der Waals surface area (Å²) in [5, 5.41) is 9.40. The molecule has 1 aromatic heterocycles. The molecule has 0 aliphatic carbocycles. The van der Waals surface area contributed by atoms with Crippen molar-refractivity contribution in [2.45, 2.75) is 30.8 Å². The van der Waals surface area contributed by atoms with Crippen molar-refractivity contribution in [2.24, 2.45) is 0 Å². The first-order chi connectivity index (χ1) is 11.6. The van der Waals surface area contributed by atoms with E-state index < -0.39 is 0 Å². The summed E-state index contributed by atoms with van der Waals surface area (Å²) in [6, 6.07) is 7.24. The molecule has 1 aliphatic rings. The molecule has 0 unspecified atom stereocenters. The molecule has 2 heterocycles. The van der Waals surface area contributed by atoms with Gasteiger partial charge in [0.2, 0.25) is 11.1 Å². The van der Waals surface area contributed by atoms with Gasteiger partial charge in [0.05, 0.1) is 5.75 Å². The van der Waals surface area contributed by atoms with E-state index in [0.29, 0.717) is 21.8 Å².